The van der Waals surface area contributed by atoms with E-state index in [1.807, 2.05) is 42.7 Å². The summed E-state index contributed by atoms with van der Waals surface area (Å²) in [5, 5.41) is 0.684. The average Bonchev–Trinajstić information content (AvgIpc) is 3.42. The summed E-state index contributed by atoms with van der Waals surface area (Å²) in [6.07, 6.45) is 4.01. The molecule has 1 unspecified atom stereocenters. The van der Waals surface area contributed by atoms with E-state index in [9.17, 15) is 4.79 Å². The van der Waals surface area contributed by atoms with Gasteiger partial charge in [0, 0.05) is 11.5 Å². The van der Waals surface area contributed by atoms with Crippen LogP contribution in [-0.2, 0) is 4.74 Å². The van der Waals surface area contributed by atoms with Gasteiger partial charge >= 0.3 is 0 Å². The number of fused-ring (bicyclic) bond motifs is 1. The molecule has 0 spiro atoms. The smallest absolute Gasteiger partial charge is 0.261 e. The van der Waals surface area contributed by atoms with E-state index in [1.54, 1.807) is 23.8 Å². The zero-order chi connectivity index (χ0) is 20.4. The molecule has 29 heavy (non-hydrogen) atoms. The lowest BCUT2D eigenvalue weighted by Gasteiger charge is -2.24. The third-order valence-electron chi connectivity index (χ3n) is 5.14. The summed E-state index contributed by atoms with van der Waals surface area (Å²) >= 11 is 3.11. The molecule has 1 aliphatic rings. The summed E-state index contributed by atoms with van der Waals surface area (Å²) < 4.78 is 12.4. The van der Waals surface area contributed by atoms with Gasteiger partial charge < -0.3 is 9.47 Å². The van der Waals surface area contributed by atoms with Gasteiger partial charge in [0.2, 0.25) is 0 Å². The SMILES string of the molecule is COc1ccc(C)c2sc(N(CC3CCCO3)C(=O)c3ccccc3SC)nc12. The molecule has 1 fully saturated rings. The molecule has 1 atom stereocenters. The molecule has 1 amide bonds. The Balaban J connectivity index is 1.79. The Labute approximate surface area is 179 Å². The van der Waals surface area contributed by atoms with Crippen LogP contribution in [0.4, 0.5) is 5.13 Å². The first-order chi connectivity index (χ1) is 14.1. The van der Waals surface area contributed by atoms with Gasteiger partial charge in [-0.05, 0) is 49.8 Å². The van der Waals surface area contributed by atoms with E-state index in [-0.39, 0.29) is 12.0 Å². The molecule has 0 aliphatic carbocycles. The van der Waals surface area contributed by atoms with E-state index < -0.39 is 0 Å². The normalized spacial score (nSPS) is 16.3. The Hall–Kier alpha value is -2.09. The summed E-state index contributed by atoms with van der Waals surface area (Å²) in [5.41, 5.74) is 2.62. The van der Waals surface area contributed by atoms with Gasteiger partial charge in [0.25, 0.3) is 5.91 Å². The number of rotatable bonds is 6. The number of hydrogen-bond acceptors (Lipinski definition) is 6. The minimum atomic E-state index is -0.0406. The molecule has 1 aliphatic heterocycles. The summed E-state index contributed by atoms with van der Waals surface area (Å²) in [4.78, 5) is 21.2. The third kappa shape index (κ3) is 3.99. The number of carbonyl (C=O) groups is 1. The van der Waals surface area contributed by atoms with Gasteiger partial charge in [0.05, 0.1) is 30.0 Å². The Morgan fingerprint density at radius 3 is 2.90 bits per heavy atom. The third-order valence-corrected chi connectivity index (χ3v) is 7.15. The van der Waals surface area contributed by atoms with Crippen molar-refractivity contribution in [1.82, 2.24) is 4.98 Å². The van der Waals surface area contributed by atoms with Crippen LogP contribution in [0.2, 0.25) is 0 Å². The van der Waals surface area contributed by atoms with Gasteiger partial charge in [-0.15, -0.1) is 11.8 Å². The van der Waals surface area contributed by atoms with Crippen LogP contribution >= 0.6 is 23.1 Å². The van der Waals surface area contributed by atoms with Crippen LogP contribution in [0.3, 0.4) is 0 Å². The lowest BCUT2D eigenvalue weighted by Crippen LogP contribution is -2.37. The Morgan fingerprint density at radius 1 is 1.34 bits per heavy atom. The molecule has 152 valence electrons. The molecule has 1 aromatic heterocycles. The number of carbonyl (C=O) groups excluding carboxylic acids is 1. The molecule has 1 saturated heterocycles. The predicted molar refractivity (Wildman–Crippen MR) is 120 cm³/mol. The number of ether oxygens (including phenoxy) is 2. The molecule has 7 heteroatoms. The summed E-state index contributed by atoms with van der Waals surface area (Å²) in [7, 11) is 1.65. The lowest BCUT2D eigenvalue weighted by molar-refractivity contribution is 0.0915. The number of aryl methyl sites for hydroxylation is 1. The van der Waals surface area contributed by atoms with Crippen molar-refractivity contribution in [3.8, 4) is 5.75 Å². The highest BCUT2D eigenvalue weighted by Crippen LogP contribution is 2.37. The molecule has 4 rings (SSSR count). The van der Waals surface area contributed by atoms with Gasteiger partial charge in [0.1, 0.15) is 11.3 Å². The largest absolute Gasteiger partial charge is 0.494 e. The molecule has 0 radical (unpaired) electrons. The van der Waals surface area contributed by atoms with E-state index in [0.29, 0.717) is 17.2 Å². The second kappa shape index (κ2) is 8.73. The maximum Gasteiger partial charge on any atom is 0.261 e. The van der Waals surface area contributed by atoms with E-state index in [4.69, 9.17) is 14.5 Å². The Kier molecular flexibility index (Phi) is 6.08. The number of anilines is 1. The Bertz CT molecular complexity index is 1030. The molecule has 5 nitrogen and oxygen atoms in total. The second-order valence-corrected chi connectivity index (χ2v) is 8.84. The van der Waals surface area contributed by atoms with Crippen LogP contribution in [0, 0.1) is 6.92 Å². The van der Waals surface area contributed by atoms with Gasteiger partial charge in [-0.25, -0.2) is 4.98 Å². The number of hydrogen-bond donors (Lipinski definition) is 0. The molecule has 0 N–H and O–H groups in total. The van der Waals surface area contributed by atoms with E-state index in [2.05, 4.69) is 6.92 Å². The molecule has 2 heterocycles. The van der Waals surface area contributed by atoms with Crippen LogP contribution in [0.5, 0.6) is 5.75 Å². The topological polar surface area (TPSA) is 51.7 Å². The molecular formula is C22H24N2O3S2. The number of methoxy groups -OCH3 is 1. The first kappa shape index (κ1) is 20.2. The maximum absolute atomic E-state index is 13.6. The molecule has 0 bridgehead atoms. The number of benzene rings is 2. The van der Waals surface area contributed by atoms with Crippen molar-refractivity contribution in [1.29, 1.82) is 0 Å². The number of thiazole rings is 1. The van der Waals surface area contributed by atoms with Crippen molar-refractivity contribution >= 4 is 44.4 Å². The zero-order valence-corrected chi connectivity index (χ0v) is 18.4. The van der Waals surface area contributed by atoms with Crippen LogP contribution in [-0.4, -0.2) is 43.5 Å². The minimum Gasteiger partial charge on any atom is -0.494 e. The van der Waals surface area contributed by atoms with Crippen molar-refractivity contribution in [2.75, 3.05) is 31.4 Å². The van der Waals surface area contributed by atoms with Gasteiger partial charge in [0.15, 0.2) is 5.13 Å². The van der Waals surface area contributed by atoms with Gasteiger partial charge in [-0.2, -0.15) is 0 Å². The number of thioether (sulfide) groups is 1. The highest BCUT2D eigenvalue weighted by molar-refractivity contribution is 7.98. The predicted octanol–water partition coefficient (Wildman–Crippen LogP) is 5.16. The van der Waals surface area contributed by atoms with E-state index in [1.165, 1.54) is 11.3 Å². The van der Waals surface area contributed by atoms with E-state index in [0.717, 1.165) is 45.9 Å². The van der Waals surface area contributed by atoms with Crippen LogP contribution < -0.4 is 9.64 Å². The van der Waals surface area contributed by atoms with Crippen molar-refractivity contribution in [3.63, 3.8) is 0 Å². The molecular weight excluding hydrogens is 404 g/mol. The van der Waals surface area contributed by atoms with Crippen LogP contribution in [0.15, 0.2) is 41.3 Å². The fourth-order valence-electron chi connectivity index (χ4n) is 3.59. The maximum atomic E-state index is 13.6. The number of amides is 1. The van der Waals surface area contributed by atoms with Gasteiger partial charge in [-0.3, -0.25) is 9.69 Å². The van der Waals surface area contributed by atoms with Crippen molar-refractivity contribution < 1.29 is 14.3 Å². The van der Waals surface area contributed by atoms with Crippen molar-refractivity contribution in [2.24, 2.45) is 0 Å². The second-order valence-electron chi connectivity index (χ2n) is 7.01. The summed E-state index contributed by atoms with van der Waals surface area (Å²) in [5.74, 6) is 0.684. The number of nitrogens with zero attached hydrogens (tertiary/aromatic N) is 2. The Morgan fingerprint density at radius 2 is 2.17 bits per heavy atom. The lowest BCUT2D eigenvalue weighted by atomic mass is 10.1. The average molecular weight is 429 g/mol. The van der Waals surface area contributed by atoms with Crippen LogP contribution in [0.1, 0.15) is 28.8 Å². The van der Waals surface area contributed by atoms with Crippen molar-refractivity contribution in [2.45, 2.75) is 30.8 Å². The molecule has 3 aromatic rings. The minimum absolute atomic E-state index is 0.0374. The first-order valence-electron chi connectivity index (χ1n) is 9.63. The fourth-order valence-corrected chi connectivity index (χ4v) is 5.23. The molecule has 2 aromatic carbocycles. The van der Waals surface area contributed by atoms with Crippen molar-refractivity contribution in [3.05, 3.63) is 47.5 Å². The first-order valence-corrected chi connectivity index (χ1v) is 11.7. The zero-order valence-electron chi connectivity index (χ0n) is 16.8. The molecule has 0 saturated carbocycles. The summed E-state index contributed by atoms with van der Waals surface area (Å²) in [6, 6.07) is 11.7. The highest BCUT2D eigenvalue weighted by Gasteiger charge is 2.28. The van der Waals surface area contributed by atoms with Crippen LogP contribution in [0.25, 0.3) is 10.2 Å². The fraction of sp³-hybridized carbons (Fsp3) is 0.364. The quantitative estimate of drug-likeness (QED) is 0.508. The highest BCUT2D eigenvalue weighted by atomic mass is 32.2. The standard InChI is InChI=1S/C22H24N2O3S2/c1-14-10-11-17(26-2)19-20(14)29-22(23-19)24(13-15-7-6-12-27-15)21(25)16-8-4-5-9-18(16)28-3/h4-5,8-11,15H,6-7,12-13H2,1-3H3. The van der Waals surface area contributed by atoms with Gasteiger partial charge in [-0.1, -0.05) is 29.5 Å². The van der Waals surface area contributed by atoms with E-state index >= 15 is 0 Å². The monoisotopic (exact) mass is 428 g/mol. The summed E-state index contributed by atoms with van der Waals surface area (Å²) in [6.45, 7) is 3.31. The number of aromatic nitrogens is 1.